The third-order valence-electron chi connectivity index (χ3n) is 2.95. The molecule has 0 aliphatic carbocycles. The van der Waals surface area contributed by atoms with Crippen LogP contribution >= 0.6 is 0 Å². The van der Waals surface area contributed by atoms with Crippen molar-refractivity contribution in [2.45, 2.75) is 32.0 Å². The van der Waals surface area contributed by atoms with Crippen molar-refractivity contribution in [1.82, 2.24) is 0 Å². The van der Waals surface area contributed by atoms with Crippen LogP contribution < -0.4 is 9.47 Å². The van der Waals surface area contributed by atoms with Crippen LogP contribution in [-0.2, 0) is 9.53 Å². The number of hydrogen-bond acceptors (Lipinski definition) is 4. The highest BCUT2D eigenvalue weighted by atomic mass is 16.6. The molecule has 5 heteroatoms. The summed E-state index contributed by atoms with van der Waals surface area (Å²) >= 11 is 0. The maximum Gasteiger partial charge on any atom is 0.332 e. The summed E-state index contributed by atoms with van der Waals surface area (Å²) in [4.78, 5) is 10.7. The summed E-state index contributed by atoms with van der Waals surface area (Å²) in [7, 11) is 0. The minimum Gasteiger partial charge on any atom is -0.494 e. The van der Waals surface area contributed by atoms with Crippen LogP contribution in [0.3, 0.4) is 0 Å². The Morgan fingerprint density at radius 1 is 1.26 bits per heavy atom. The van der Waals surface area contributed by atoms with E-state index in [9.17, 15) is 4.79 Å². The zero-order valence-corrected chi connectivity index (χ0v) is 10.9. The fourth-order valence-corrected chi connectivity index (χ4v) is 2.00. The third-order valence-corrected chi connectivity index (χ3v) is 2.95. The number of carboxylic acids is 1. The summed E-state index contributed by atoms with van der Waals surface area (Å²) in [5.41, 5.74) is 0. The number of ether oxygens (including phenoxy) is 3. The highest BCUT2D eigenvalue weighted by Crippen LogP contribution is 2.22. The Balaban J connectivity index is 1.78. The normalized spacial score (nSPS) is 22.2. The van der Waals surface area contributed by atoms with Crippen molar-refractivity contribution in [3.8, 4) is 11.5 Å². The lowest BCUT2D eigenvalue weighted by atomic mass is 10.2. The van der Waals surface area contributed by atoms with E-state index in [1.165, 1.54) is 0 Å². The van der Waals surface area contributed by atoms with Crippen LogP contribution in [0.5, 0.6) is 11.5 Å². The Hall–Kier alpha value is -1.75. The number of benzene rings is 1. The molecule has 5 nitrogen and oxygen atoms in total. The van der Waals surface area contributed by atoms with Gasteiger partial charge in [-0.25, -0.2) is 4.79 Å². The van der Waals surface area contributed by atoms with Gasteiger partial charge in [-0.2, -0.15) is 0 Å². The van der Waals surface area contributed by atoms with E-state index < -0.39 is 12.1 Å². The second-order valence-corrected chi connectivity index (χ2v) is 4.38. The summed E-state index contributed by atoms with van der Waals surface area (Å²) in [5.74, 6) is 0.632. The molecule has 2 rings (SSSR count). The molecule has 0 saturated carbocycles. The van der Waals surface area contributed by atoms with Gasteiger partial charge in [0.2, 0.25) is 0 Å². The van der Waals surface area contributed by atoms with Crippen molar-refractivity contribution in [1.29, 1.82) is 0 Å². The van der Waals surface area contributed by atoms with Gasteiger partial charge in [-0.15, -0.1) is 0 Å². The van der Waals surface area contributed by atoms with E-state index in [1.807, 2.05) is 31.2 Å². The van der Waals surface area contributed by atoms with Crippen molar-refractivity contribution in [3.63, 3.8) is 0 Å². The van der Waals surface area contributed by atoms with Gasteiger partial charge in [-0.3, -0.25) is 0 Å². The predicted octanol–water partition coefficient (Wildman–Crippen LogP) is 2.10. The molecule has 0 bridgehead atoms. The van der Waals surface area contributed by atoms with Crippen molar-refractivity contribution >= 4 is 5.97 Å². The predicted molar refractivity (Wildman–Crippen MR) is 68.6 cm³/mol. The Labute approximate surface area is 112 Å². The maximum absolute atomic E-state index is 10.7. The fraction of sp³-hybridized carbons (Fsp3) is 0.500. The van der Waals surface area contributed by atoms with Gasteiger partial charge < -0.3 is 19.3 Å². The first-order chi connectivity index (χ1) is 9.19. The van der Waals surface area contributed by atoms with Gasteiger partial charge in [-0.1, -0.05) is 0 Å². The smallest absolute Gasteiger partial charge is 0.332 e. The summed E-state index contributed by atoms with van der Waals surface area (Å²) in [6, 6.07) is 7.34. The van der Waals surface area contributed by atoms with Gasteiger partial charge in [0.1, 0.15) is 18.1 Å². The monoisotopic (exact) mass is 266 g/mol. The van der Waals surface area contributed by atoms with Gasteiger partial charge in [0, 0.05) is 0 Å². The minimum atomic E-state index is -0.899. The van der Waals surface area contributed by atoms with Crippen molar-refractivity contribution < 1.29 is 24.1 Å². The lowest BCUT2D eigenvalue weighted by Crippen LogP contribution is -2.23. The van der Waals surface area contributed by atoms with Crippen LogP contribution in [0.25, 0.3) is 0 Å². The van der Waals surface area contributed by atoms with E-state index in [0.29, 0.717) is 26.1 Å². The molecular weight excluding hydrogens is 248 g/mol. The molecule has 1 aromatic carbocycles. The summed E-state index contributed by atoms with van der Waals surface area (Å²) in [6.07, 6.45) is 0.433. The molecule has 1 aliphatic rings. The minimum absolute atomic E-state index is 0.146. The van der Waals surface area contributed by atoms with E-state index in [2.05, 4.69) is 0 Å². The zero-order valence-electron chi connectivity index (χ0n) is 10.9. The van der Waals surface area contributed by atoms with Gasteiger partial charge in [0.15, 0.2) is 6.10 Å². The van der Waals surface area contributed by atoms with Crippen molar-refractivity contribution in [2.24, 2.45) is 0 Å². The van der Waals surface area contributed by atoms with E-state index in [1.54, 1.807) is 0 Å². The van der Waals surface area contributed by atoms with Crippen LogP contribution in [0, 0.1) is 0 Å². The molecule has 1 N–H and O–H groups in total. The van der Waals surface area contributed by atoms with E-state index in [-0.39, 0.29) is 6.10 Å². The topological polar surface area (TPSA) is 65.0 Å². The number of hydrogen-bond donors (Lipinski definition) is 1. The average molecular weight is 266 g/mol. The molecule has 1 aliphatic heterocycles. The molecular formula is C14H18O5. The van der Waals surface area contributed by atoms with Gasteiger partial charge in [0.25, 0.3) is 0 Å². The first kappa shape index (κ1) is 13.7. The Morgan fingerprint density at radius 2 is 1.89 bits per heavy atom. The maximum atomic E-state index is 10.7. The quantitative estimate of drug-likeness (QED) is 0.854. The van der Waals surface area contributed by atoms with Crippen LogP contribution in [-0.4, -0.2) is 36.5 Å². The molecule has 1 saturated heterocycles. The summed E-state index contributed by atoms with van der Waals surface area (Å²) in [5, 5.41) is 8.82. The SMILES string of the molecule is CCOc1ccc(OCC2CCC(C(=O)O)O2)cc1. The zero-order chi connectivity index (χ0) is 13.7. The molecule has 2 unspecified atom stereocenters. The first-order valence-corrected chi connectivity index (χ1v) is 6.43. The fourth-order valence-electron chi connectivity index (χ4n) is 2.00. The average Bonchev–Trinajstić information content (AvgIpc) is 2.87. The molecule has 0 amide bonds. The van der Waals surface area contributed by atoms with Gasteiger partial charge in [-0.05, 0) is 44.0 Å². The number of carboxylic acid groups (broad SMARTS) is 1. The second kappa shape index (κ2) is 6.43. The molecule has 1 fully saturated rings. The van der Waals surface area contributed by atoms with Crippen LogP contribution in [0.1, 0.15) is 19.8 Å². The lowest BCUT2D eigenvalue weighted by molar-refractivity contribution is -0.149. The van der Waals surface area contributed by atoms with Crippen LogP contribution in [0.4, 0.5) is 0 Å². The second-order valence-electron chi connectivity index (χ2n) is 4.38. The van der Waals surface area contributed by atoms with E-state index in [0.717, 1.165) is 11.5 Å². The Bertz CT molecular complexity index is 414. The lowest BCUT2D eigenvalue weighted by Gasteiger charge is -2.13. The van der Waals surface area contributed by atoms with Gasteiger partial charge >= 0.3 is 5.97 Å². The van der Waals surface area contributed by atoms with E-state index in [4.69, 9.17) is 19.3 Å². The van der Waals surface area contributed by atoms with Crippen molar-refractivity contribution in [2.75, 3.05) is 13.2 Å². The molecule has 104 valence electrons. The number of aliphatic carboxylic acids is 1. The molecule has 1 aromatic rings. The number of carbonyl (C=O) groups is 1. The molecule has 0 radical (unpaired) electrons. The number of rotatable bonds is 6. The molecule has 19 heavy (non-hydrogen) atoms. The van der Waals surface area contributed by atoms with Crippen LogP contribution in [0.15, 0.2) is 24.3 Å². The molecule has 2 atom stereocenters. The largest absolute Gasteiger partial charge is 0.494 e. The van der Waals surface area contributed by atoms with E-state index >= 15 is 0 Å². The third kappa shape index (κ3) is 3.86. The Kier molecular flexibility index (Phi) is 4.63. The highest BCUT2D eigenvalue weighted by molar-refractivity contribution is 5.72. The van der Waals surface area contributed by atoms with Gasteiger partial charge in [0.05, 0.1) is 12.7 Å². The molecule has 0 aromatic heterocycles. The first-order valence-electron chi connectivity index (χ1n) is 6.43. The Morgan fingerprint density at radius 3 is 2.42 bits per heavy atom. The molecule has 0 spiro atoms. The standard InChI is InChI=1S/C14H18O5/c1-2-17-10-3-5-11(6-4-10)18-9-12-7-8-13(19-12)14(15)16/h3-6,12-13H,2,7-9H2,1H3,(H,15,16). The summed E-state index contributed by atoms with van der Waals surface area (Å²) in [6.45, 7) is 2.94. The highest BCUT2D eigenvalue weighted by Gasteiger charge is 2.30. The molecule has 1 heterocycles. The summed E-state index contributed by atoms with van der Waals surface area (Å²) < 4.78 is 16.3. The van der Waals surface area contributed by atoms with Crippen molar-refractivity contribution in [3.05, 3.63) is 24.3 Å². The van der Waals surface area contributed by atoms with Crippen LogP contribution in [0.2, 0.25) is 0 Å².